The van der Waals surface area contributed by atoms with Crippen LogP contribution in [0.5, 0.6) is 0 Å². The summed E-state index contributed by atoms with van der Waals surface area (Å²) in [6.07, 6.45) is -4.42. The van der Waals surface area contributed by atoms with Crippen molar-refractivity contribution in [3.8, 4) is 11.1 Å². The summed E-state index contributed by atoms with van der Waals surface area (Å²) in [4.78, 5) is 36.7. The lowest BCUT2D eigenvalue weighted by molar-refractivity contribution is -0.207. The van der Waals surface area contributed by atoms with Crippen molar-refractivity contribution in [1.29, 1.82) is 0 Å². The molecular weight excluding hydrogens is 465 g/mol. The Balaban J connectivity index is 1.46. The van der Waals surface area contributed by atoms with Crippen LogP contribution in [0.4, 0.5) is 18.0 Å². The standard InChI is InChI=1S/C25H25F3N2O5/c1-24(22(32)33,25(26,27)28)30-21(31)20(14-7-6-8-14)29-23(34)35-13-19-17-11-4-2-9-15(17)16-10-3-5-12-18(16)19/h2-5,9-12,14,19-20H,6-8,13H2,1H3,(H,29,34)(H,30,31)(H,32,33). The van der Waals surface area contributed by atoms with Gasteiger partial charge in [0.15, 0.2) is 0 Å². The lowest BCUT2D eigenvalue weighted by atomic mass is 9.79. The minimum atomic E-state index is -5.23. The van der Waals surface area contributed by atoms with Gasteiger partial charge < -0.3 is 20.5 Å². The van der Waals surface area contributed by atoms with Crippen LogP contribution in [0, 0.1) is 5.92 Å². The number of fused-ring (bicyclic) bond motifs is 3. The van der Waals surface area contributed by atoms with Crippen LogP contribution in [-0.2, 0) is 14.3 Å². The summed E-state index contributed by atoms with van der Waals surface area (Å²) in [6.45, 7) is 0.340. The van der Waals surface area contributed by atoms with E-state index in [9.17, 15) is 27.6 Å². The summed E-state index contributed by atoms with van der Waals surface area (Å²) < 4.78 is 45.5. The predicted molar refractivity (Wildman–Crippen MR) is 120 cm³/mol. The Morgan fingerprint density at radius 2 is 1.57 bits per heavy atom. The minimum absolute atomic E-state index is 0.0335. The number of carboxylic acids is 1. The summed E-state index contributed by atoms with van der Waals surface area (Å²) in [5, 5.41) is 13.1. The Hall–Kier alpha value is -3.56. The second kappa shape index (κ2) is 9.24. The molecule has 35 heavy (non-hydrogen) atoms. The van der Waals surface area contributed by atoms with Crippen LogP contribution < -0.4 is 10.6 Å². The van der Waals surface area contributed by atoms with E-state index in [0.717, 1.165) is 28.7 Å². The molecule has 2 atom stereocenters. The smallest absolute Gasteiger partial charge is 0.422 e. The second-order valence-electron chi connectivity index (χ2n) is 9.06. The van der Waals surface area contributed by atoms with Crippen LogP contribution in [0.25, 0.3) is 11.1 Å². The lowest BCUT2D eigenvalue weighted by Gasteiger charge is -2.36. The molecule has 186 valence electrons. The largest absolute Gasteiger partial charge is 0.479 e. The number of ether oxygens (including phenoxy) is 1. The number of nitrogens with one attached hydrogen (secondary N) is 2. The number of halogens is 3. The van der Waals surface area contributed by atoms with E-state index in [-0.39, 0.29) is 12.5 Å². The van der Waals surface area contributed by atoms with Crippen molar-refractivity contribution in [1.82, 2.24) is 10.6 Å². The minimum Gasteiger partial charge on any atom is -0.479 e. The molecule has 2 amide bonds. The summed E-state index contributed by atoms with van der Waals surface area (Å²) in [6, 6.07) is 14.1. The highest BCUT2D eigenvalue weighted by molar-refractivity contribution is 5.92. The summed E-state index contributed by atoms with van der Waals surface area (Å²) in [7, 11) is 0. The fraction of sp³-hybridized carbons (Fsp3) is 0.400. The Bertz CT molecular complexity index is 1100. The van der Waals surface area contributed by atoms with E-state index in [1.54, 1.807) is 5.32 Å². The van der Waals surface area contributed by atoms with E-state index in [0.29, 0.717) is 19.8 Å². The van der Waals surface area contributed by atoms with Crippen molar-refractivity contribution in [2.45, 2.75) is 49.9 Å². The van der Waals surface area contributed by atoms with Crippen molar-refractivity contribution < 1.29 is 37.4 Å². The van der Waals surface area contributed by atoms with E-state index in [2.05, 4.69) is 5.32 Å². The van der Waals surface area contributed by atoms with E-state index in [1.807, 2.05) is 48.5 Å². The number of hydrogen-bond donors (Lipinski definition) is 3. The highest BCUT2D eigenvalue weighted by atomic mass is 19.4. The Kier molecular flexibility index (Phi) is 6.48. The lowest BCUT2D eigenvalue weighted by Crippen LogP contribution is -2.66. The normalized spacial score (nSPS) is 17.8. The molecule has 2 unspecified atom stereocenters. The Morgan fingerprint density at radius 3 is 2.03 bits per heavy atom. The number of carboxylic acid groups (broad SMARTS) is 1. The van der Waals surface area contributed by atoms with Gasteiger partial charge >= 0.3 is 18.2 Å². The number of aliphatic carboxylic acids is 1. The van der Waals surface area contributed by atoms with Gasteiger partial charge in [-0.2, -0.15) is 13.2 Å². The van der Waals surface area contributed by atoms with Crippen LogP contribution in [0.2, 0.25) is 0 Å². The third-order valence-corrected chi connectivity index (χ3v) is 6.89. The number of rotatable bonds is 7. The molecule has 0 heterocycles. The average Bonchev–Trinajstić information content (AvgIpc) is 3.09. The maximum Gasteiger partial charge on any atom is 0.422 e. The quantitative estimate of drug-likeness (QED) is 0.539. The number of carbonyl (C=O) groups excluding carboxylic acids is 2. The molecule has 1 fully saturated rings. The molecule has 1 saturated carbocycles. The molecular formula is C25H25F3N2O5. The first-order valence-electron chi connectivity index (χ1n) is 11.3. The molecule has 0 saturated heterocycles. The zero-order valence-electron chi connectivity index (χ0n) is 18.9. The zero-order chi connectivity index (χ0) is 25.4. The van der Waals surface area contributed by atoms with Gasteiger partial charge in [0.25, 0.3) is 0 Å². The number of amides is 2. The summed E-state index contributed by atoms with van der Waals surface area (Å²) in [5.41, 5.74) is 0.539. The van der Waals surface area contributed by atoms with Gasteiger partial charge in [-0.1, -0.05) is 55.0 Å². The monoisotopic (exact) mass is 490 g/mol. The molecule has 0 radical (unpaired) electrons. The Morgan fingerprint density at radius 1 is 1.03 bits per heavy atom. The van der Waals surface area contributed by atoms with E-state index >= 15 is 0 Å². The van der Waals surface area contributed by atoms with Crippen molar-refractivity contribution in [3.05, 3.63) is 59.7 Å². The molecule has 2 aromatic carbocycles. The van der Waals surface area contributed by atoms with E-state index in [4.69, 9.17) is 9.84 Å². The first kappa shape index (κ1) is 24.6. The molecule has 0 bridgehead atoms. The van der Waals surface area contributed by atoms with Gasteiger partial charge in [-0.05, 0) is 47.9 Å². The maximum atomic E-state index is 13.4. The topological polar surface area (TPSA) is 105 Å². The molecule has 4 rings (SSSR count). The van der Waals surface area contributed by atoms with Crippen molar-refractivity contribution >= 4 is 18.0 Å². The molecule has 2 aliphatic rings. The maximum absolute atomic E-state index is 13.4. The Labute approximate surface area is 199 Å². The third kappa shape index (κ3) is 4.56. The summed E-state index contributed by atoms with van der Waals surface area (Å²) >= 11 is 0. The molecule has 7 nitrogen and oxygen atoms in total. The van der Waals surface area contributed by atoms with Gasteiger partial charge in [0.2, 0.25) is 11.4 Å². The first-order valence-corrected chi connectivity index (χ1v) is 11.3. The average molecular weight is 490 g/mol. The van der Waals surface area contributed by atoms with Gasteiger partial charge in [-0.25, -0.2) is 9.59 Å². The third-order valence-electron chi connectivity index (χ3n) is 6.89. The van der Waals surface area contributed by atoms with Crippen LogP contribution in [0.3, 0.4) is 0 Å². The van der Waals surface area contributed by atoms with Gasteiger partial charge in [0.1, 0.15) is 12.6 Å². The molecule has 2 aliphatic carbocycles. The molecule has 10 heteroatoms. The number of benzene rings is 2. The zero-order valence-corrected chi connectivity index (χ0v) is 18.9. The molecule has 0 aliphatic heterocycles. The number of alkyl halides is 3. The van der Waals surface area contributed by atoms with Gasteiger partial charge in [0, 0.05) is 5.92 Å². The van der Waals surface area contributed by atoms with Crippen LogP contribution >= 0.6 is 0 Å². The van der Waals surface area contributed by atoms with E-state index < -0.39 is 41.6 Å². The predicted octanol–water partition coefficient (Wildman–Crippen LogP) is 4.22. The van der Waals surface area contributed by atoms with E-state index in [1.165, 1.54) is 0 Å². The summed E-state index contributed by atoms with van der Waals surface area (Å²) in [5.74, 6) is -4.11. The van der Waals surface area contributed by atoms with Crippen molar-refractivity contribution in [2.24, 2.45) is 5.92 Å². The van der Waals surface area contributed by atoms with Crippen LogP contribution in [0.15, 0.2) is 48.5 Å². The fourth-order valence-corrected chi connectivity index (χ4v) is 4.51. The number of alkyl carbamates (subject to hydrolysis) is 1. The first-order chi connectivity index (χ1) is 16.5. The molecule has 3 N–H and O–H groups in total. The highest BCUT2D eigenvalue weighted by Crippen LogP contribution is 2.44. The van der Waals surface area contributed by atoms with Crippen LogP contribution in [0.1, 0.15) is 43.2 Å². The molecule has 0 spiro atoms. The van der Waals surface area contributed by atoms with Gasteiger partial charge in [-0.15, -0.1) is 0 Å². The highest BCUT2D eigenvalue weighted by Gasteiger charge is 2.59. The number of carbonyl (C=O) groups is 3. The molecule has 0 aromatic heterocycles. The van der Waals surface area contributed by atoms with Crippen LogP contribution in [-0.4, -0.2) is 47.4 Å². The van der Waals surface area contributed by atoms with Gasteiger partial charge in [-0.3, -0.25) is 4.79 Å². The number of hydrogen-bond acceptors (Lipinski definition) is 4. The van der Waals surface area contributed by atoms with Crippen molar-refractivity contribution in [2.75, 3.05) is 6.61 Å². The van der Waals surface area contributed by atoms with Gasteiger partial charge in [0.05, 0.1) is 0 Å². The molecule has 2 aromatic rings. The second-order valence-corrected chi connectivity index (χ2v) is 9.06. The SMILES string of the molecule is CC(NC(=O)C(NC(=O)OCC1c2ccccc2-c2ccccc21)C1CCC1)(C(=O)O)C(F)(F)F. The fourth-order valence-electron chi connectivity index (χ4n) is 4.51. The van der Waals surface area contributed by atoms with Crippen molar-refractivity contribution in [3.63, 3.8) is 0 Å².